The molecule has 15 heavy (non-hydrogen) atoms. The van der Waals surface area contributed by atoms with E-state index in [-0.39, 0.29) is 18.8 Å². The Morgan fingerprint density at radius 1 is 1.33 bits per heavy atom. The van der Waals surface area contributed by atoms with Crippen LogP contribution in [0.3, 0.4) is 0 Å². The monoisotopic (exact) mass is 219 g/mol. The van der Waals surface area contributed by atoms with E-state index in [0.717, 1.165) is 6.07 Å². The van der Waals surface area contributed by atoms with Gasteiger partial charge in [-0.2, -0.15) is 0 Å². The minimum Gasteiger partial charge on any atom is -0.508 e. The molecule has 0 saturated heterocycles. The molecule has 0 atom stereocenters. The van der Waals surface area contributed by atoms with Gasteiger partial charge in [0.1, 0.15) is 11.6 Å². The Balaban J connectivity index is 2.63. The van der Waals surface area contributed by atoms with Crippen molar-refractivity contribution in [1.82, 2.24) is 4.90 Å². The summed E-state index contributed by atoms with van der Waals surface area (Å²) in [5.74, 6) is -0.772. The third-order valence-corrected chi connectivity index (χ3v) is 1.84. The van der Waals surface area contributed by atoms with Crippen molar-refractivity contribution in [3.8, 4) is 5.75 Å². The smallest absolute Gasteiger partial charge is 0.251 e. The maximum atomic E-state index is 12.8. The molecule has 5 heteroatoms. The third-order valence-electron chi connectivity index (χ3n) is 1.84. The van der Waals surface area contributed by atoms with Crippen molar-refractivity contribution in [2.75, 3.05) is 13.6 Å². The van der Waals surface area contributed by atoms with Crippen molar-refractivity contribution in [3.63, 3.8) is 0 Å². The maximum Gasteiger partial charge on any atom is 0.251 e. The predicted molar refractivity (Wildman–Crippen MR) is 50.4 cm³/mol. The molecule has 0 aliphatic carbocycles. The van der Waals surface area contributed by atoms with Crippen molar-refractivity contribution in [3.05, 3.63) is 29.6 Å². The van der Waals surface area contributed by atoms with Gasteiger partial charge in [0.05, 0.1) is 6.54 Å². The Hall–Kier alpha value is -1.23. The van der Waals surface area contributed by atoms with Crippen molar-refractivity contribution < 1.29 is 18.3 Å². The molecular formula is C10H12F3NO. The van der Waals surface area contributed by atoms with E-state index < -0.39 is 12.2 Å². The van der Waals surface area contributed by atoms with E-state index in [9.17, 15) is 13.2 Å². The number of rotatable bonds is 4. The van der Waals surface area contributed by atoms with Crippen LogP contribution in [0.1, 0.15) is 5.56 Å². The zero-order chi connectivity index (χ0) is 11.4. The van der Waals surface area contributed by atoms with E-state index in [0.29, 0.717) is 5.56 Å². The first kappa shape index (κ1) is 11.8. The summed E-state index contributed by atoms with van der Waals surface area (Å²) in [6, 6.07) is 3.53. The molecule has 0 amide bonds. The Morgan fingerprint density at radius 3 is 2.53 bits per heavy atom. The Morgan fingerprint density at radius 2 is 2.00 bits per heavy atom. The lowest BCUT2D eigenvalue weighted by Crippen LogP contribution is -2.24. The van der Waals surface area contributed by atoms with Gasteiger partial charge in [-0.1, -0.05) is 0 Å². The molecule has 0 fully saturated rings. The van der Waals surface area contributed by atoms with Gasteiger partial charge in [0.25, 0.3) is 6.43 Å². The Labute approximate surface area is 85.9 Å². The van der Waals surface area contributed by atoms with Crippen molar-refractivity contribution in [1.29, 1.82) is 0 Å². The number of nitrogens with zero attached hydrogens (tertiary/aromatic N) is 1. The fourth-order valence-corrected chi connectivity index (χ4v) is 1.34. The molecule has 0 heterocycles. The summed E-state index contributed by atoms with van der Waals surface area (Å²) in [6.07, 6.45) is -2.42. The Kier molecular flexibility index (Phi) is 3.96. The van der Waals surface area contributed by atoms with Crippen LogP contribution in [-0.4, -0.2) is 30.0 Å². The van der Waals surface area contributed by atoms with Crippen LogP contribution in [0.2, 0.25) is 0 Å². The SMILES string of the molecule is CN(Cc1cc(O)cc(F)c1)CC(F)F. The van der Waals surface area contributed by atoms with Crippen LogP contribution < -0.4 is 0 Å². The second kappa shape index (κ2) is 5.02. The fourth-order valence-electron chi connectivity index (χ4n) is 1.34. The van der Waals surface area contributed by atoms with Crippen LogP contribution >= 0.6 is 0 Å². The van der Waals surface area contributed by atoms with Gasteiger partial charge in [-0.25, -0.2) is 13.2 Å². The molecule has 2 nitrogen and oxygen atoms in total. The molecule has 0 unspecified atom stereocenters. The molecule has 84 valence electrons. The molecule has 0 bridgehead atoms. The van der Waals surface area contributed by atoms with Crippen LogP contribution in [0.5, 0.6) is 5.75 Å². The van der Waals surface area contributed by atoms with Crippen LogP contribution in [0.25, 0.3) is 0 Å². The summed E-state index contributed by atoms with van der Waals surface area (Å²) in [6.45, 7) is -0.201. The highest BCUT2D eigenvalue weighted by Gasteiger charge is 2.09. The van der Waals surface area contributed by atoms with Crippen LogP contribution in [-0.2, 0) is 6.54 Å². The first-order valence-corrected chi connectivity index (χ1v) is 4.42. The van der Waals surface area contributed by atoms with Gasteiger partial charge in [0.2, 0.25) is 0 Å². The summed E-state index contributed by atoms with van der Waals surface area (Å²) < 4.78 is 36.8. The van der Waals surface area contributed by atoms with E-state index in [4.69, 9.17) is 5.11 Å². The van der Waals surface area contributed by atoms with Crippen molar-refractivity contribution in [2.24, 2.45) is 0 Å². The van der Waals surface area contributed by atoms with Gasteiger partial charge < -0.3 is 5.11 Å². The van der Waals surface area contributed by atoms with Gasteiger partial charge in [-0.3, -0.25) is 4.90 Å². The average molecular weight is 219 g/mol. The number of phenols is 1. The highest BCUT2D eigenvalue weighted by atomic mass is 19.3. The quantitative estimate of drug-likeness (QED) is 0.839. The highest BCUT2D eigenvalue weighted by Crippen LogP contribution is 2.15. The van der Waals surface area contributed by atoms with Crippen LogP contribution in [0.4, 0.5) is 13.2 Å². The fraction of sp³-hybridized carbons (Fsp3) is 0.400. The molecule has 1 aromatic rings. The van der Waals surface area contributed by atoms with Gasteiger partial charge in [0, 0.05) is 12.6 Å². The standard InChI is InChI=1S/C10H12F3NO/c1-14(6-10(12)13)5-7-2-8(11)4-9(15)3-7/h2-4,10,15H,5-6H2,1H3. The minimum absolute atomic E-state index is 0.176. The molecule has 1 N–H and O–H groups in total. The lowest BCUT2D eigenvalue weighted by molar-refractivity contribution is 0.0975. The minimum atomic E-state index is -2.42. The summed E-state index contributed by atoms with van der Waals surface area (Å²) >= 11 is 0. The second-order valence-corrected chi connectivity index (χ2v) is 3.41. The largest absolute Gasteiger partial charge is 0.508 e. The van der Waals surface area contributed by atoms with E-state index in [1.807, 2.05) is 0 Å². The normalized spacial score (nSPS) is 11.3. The number of halogens is 3. The molecule has 0 spiro atoms. The number of benzene rings is 1. The molecular weight excluding hydrogens is 207 g/mol. The first-order valence-electron chi connectivity index (χ1n) is 4.42. The summed E-state index contributed by atoms with van der Waals surface area (Å²) in [5.41, 5.74) is 0.468. The zero-order valence-electron chi connectivity index (χ0n) is 8.25. The number of hydrogen-bond donors (Lipinski definition) is 1. The number of alkyl halides is 2. The molecule has 0 radical (unpaired) electrons. The number of aromatic hydroxyl groups is 1. The lowest BCUT2D eigenvalue weighted by atomic mass is 10.2. The summed E-state index contributed by atoms with van der Waals surface area (Å²) in [4.78, 5) is 1.36. The molecule has 0 aliphatic rings. The molecule has 0 aromatic heterocycles. The van der Waals surface area contributed by atoms with E-state index in [2.05, 4.69) is 0 Å². The van der Waals surface area contributed by atoms with Crippen molar-refractivity contribution >= 4 is 0 Å². The van der Waals surface area contributed by atoms with Crippen molar-refractivity contribution in [2.45, 2.75) is 13.0 Å². The van der Waals surface area contributed by atoms with Crippen LogP contribution in [0, 0.1) is 5.82 Å². The summed E-state index contributed by atoms with van der Waals surface area (Å²) in [7, 11) is 1.51. The molecule has 1 aromatic carbocycles. The van der Waals surface area contributed by atoms with E-state index in [1.54, 1.807) is 0 Å². The number of hydrogen-bond acceptors (Lipinski definition) is 2. The maximum absolute atomic E-state index is 12.8. The Bertz CT molecular complexity index is 310. The third kappa shape index (κ3) is 4.20. The van der Waals surface area contributed by atoms with E-state index >= 15 is 0 Å². The molecule has 1 rings (SSSR count). The second-order valence-electron chi connectivity index (χ2n) is 3.41. The highest BCUT2D eigenvalue weighted by molar-refractivity contribution is 5.28. The zero-order valence-corrected chi connectivity index (χ0v) is 8.25. The van der Waals surface area contributed by atoms with E-state index in [1.165, 1.54) is 24.1 Å². The van der Waals surface area contributed by atoms with Gasteiger partial charge in [-0.05, 0) is 24.7 Å². The van der Waals surface area contributed by atoms with Gasteiger partial charge in [0.15, 0.2) is 0 Å². The summed E-state index contributed by atoms with van der Waals surface area (Å²) in [5, 5.41) is 9.08. The first-order chi connectivity index (χ1) is 6.97. The topological polar surface area (TPSA) is 23.5 Å². The predicted octanol–water partition coefficient (Wildman–Crippen LogP) is 2.23. The average Bonchev–Trinajstić information content (AvgIpc) is 1.98. The van der Waals surface area contributed by atoms with Gasteiger partial charge >= 0.3 is 0 Å². The molecule has 0 saturated carbocycles. The lowest BCUT2D eigenvalue weighted by Gasteiger charge is -2.15. The number of phenolic OH excluding ortho intramolecular Hbond substituents is 1. The molecule has 0 aliphatic heterocycles. The van der Waals surface area contributed by atoms with Crippen LogP contribution in [0.15, 0.2) is 18.2 Å². The van der Waals surface area contributed by atoms with Gasteiger partial charge in [-0.15, -0.1) is 0 Å².